The quantitative estimate of drug-likeness (QED) is 0.721. The molecular weight excluding hydrogens is 329 g/mol. The first-order chi connectivity index (χ1) is 12.0. The van der Waals surface area contributed by atoms with Crippen LogP contribution in [0.5, 0.6) is 5.75 Å². The third-order valence-electron chi connectivity index (χ3n) is 4.52. The molecule has 1 aliphatic heterocycles. The van der Waals surface area contributed by atoms with Gasteiger partial charge in [-0.3, -0.25) is 0 Å². The van der Waals surface area contributed by atoms with Crippen LogP contribution in [-0.2, 0) is 12.8 Å². The number of halogens is 3. The van der Waals surface area contributed by atoms with Gasteiger partial charge in [-0.15, -0.1) is 13.2 Å². The molecule has 0 unspecified atom stereocenters. The second-order valence-electron chi connectivity index (χ2n) is 6.10. The van der Waals surface area contributed by atoms with Gasteiger partial charge < -0.3 is 15.0 Å². The highest BCUT2D eigenvalue weighted by Crippen LogP contribution is 2.39. The van der Waals surface area contributed by atoms with Gasteiger partial charge in [0.15, 0.2) is 0 Å². The van der Waals surface area contributed by atoms with E-state index in [1.54, 1.807) is 18.2 Å². The molecule has 0 saturated carbocycles. The molecule has 0 radical (unpaired) electrons. The number of ether oxygens (including phenoxy) is 1. The summed E-state index contributed by atoms with van der Waals surface area (Å²) in [5, 5.41) is 4.34. The van der Waals surface area contributed by atoms with Gasteiger partial charge in [0.25, 0.3) is 0 Å². The van der Waals surface area contributed by atoms with Crippen LogP contribution in [0.1, 0.15) is 11.3 Å². The van der Waals surface area contributed by atoms with Crippen molar-refractivity contribution in [2.24, 2.45) is 0 Å². The Balaban J connectivity index is 1.92. The molecule has 0 bridgehead atoms. The molecule has 0 fully saturated rings. The highest BCUT2D eigenvalue weighted by Gasteiger charge is 2.32. The van der Waals surface area contributed by atoms with E-state index in [1.165, 1.54) is 11.6 Å². The monoisotopic (exact) mass is 346 g/mol. The molecule has 3 aromatic rings. The van der Waals surface area contributed by atoms with E-state index in [1.807, 2.05) is 18.2 Å². The lowest BCUT2D eigenvalue weighted by molar-refractivity contribution is -0.274. The number of aromatic nitrogens is 1. The molecule has 6 heteroatoms. The first-order valence-corrected chi connectivity index (χ1v) is 8.21. The summed E-state index contributed by atoms with van der Waals surface area (Å²) in [6, 6.07) is 12.0. The normalized spacial score (nSPS) is 15.0. The number of hydrogen-bond acceptors (Lipinski definition) is 2. The van der Waals surface area contributed by atoms with Crippen LogP contribution in [0.25, 0.3) is 22.0 Å². The van der Waals surface area contributed by atoms with Crippen LogP contribution >= 0.6 is 0 Å². The SMILES string of the molecule is FC(F)(F)Oc1ccccc1-c1cccc2[nH]c3c(c12)CCNCC3. The van der Waals surface area contributed by atoms with Gasteiger partial charge in [0.2, 0.25) is 0 Å². The van der Waals surface area contributed by atoms with Crippen molar-refractivity contribution >= 4 is 10.9 Å². The Morgan fingerprint density at radius 2 is 1.64 bits per heavy atom. The highest BCUT2D eigenvalue weighted by atomic mass is 19.4. The fourth-order valence-electron chi connectivity index (χ4n) is 3.54. The van der Waals surface area contributed by atoms with E-state index in [0.717, 1.165) is 48.1 Å². The van der Waals surface area contributed by atoms with E-state index in [9.17, 15) is 13.2 Å². The van der Waals surface area contributed by atoms with Crippen LogP contribution in [-0.4, -0.2) is 24.4 Å². The van der Waals surface area contributed by atoms with E-state index in [4.69, 9.17) is 0 Å². The van der Waals surface area contributed by atoms with Gasteiger partial charge in [0.05, 0.1) is 0 Å². The van der Waals surface area contributed by atoms with E-state index in [2.05, 4.69) is 15.0 Å². The summed E-state index contributed by atoms with van der Waals surface area (Å²) < 4.78 is 42.6. The minimum Gasteiger partial charge on any atom is -0.405 e. The van der Waals surface area contributed by atoms with Crippen molar-refractivity contribution in [3.05, 3.63) is 53.7 Å². The largest absolute Gasteiger partial charge is 0.573 e. The Kier molecular flexibility index (Phi) is 3.92. The number of aromatic amines is 1. The fourth-order valence-corrected chi connectivity index (χ4v) is 3.54. The highest BCUT2D eigenvalue weighted by molar-refractivity contribution is 5.99. The molecule has 4 rings (SSSR count). The first-order valence-electron chi connectivity index (χ1n) is 8.21. The van der Waals surface area contributed by atoms with E-state index in [-0.39, 0.29) is 5.75 Å². The Labute approximate surface area is 142 Å². The maximum absolute atomic E-state index is 12.8. The van der Waals surface area contributed by atoms with Crippen LogP contribution in [0.4, 0.5) is 13.2 Å². The molecule has 130 valence electrons. The molecule has 2 heterocycles. The zero-order valence-corrected chi connectivity index (χ0v) is 13.4. The Hall–Kier alpha value is -2.47. The molecule has 2 N–H and O–H groups in total. The number of fused-ring (bicyclic) bond motifs is 3. The van der Waals surface area contributed by atoms with Gasteiger partial charge in [-0.25, -0.2) is 0 Å². The number of benzene rings is 2. The van der Waals surface area contributed by atoms with Crippen molar-refractivity contribution in [2.45, 2.75) is 19.2 Å². The molecule has 25 heavy (non-hydrogen) atoms. The van der Waals surface area contributed by atoms with E-state index in [0.29, 0.717) is 5.56 Å². The summed E-state index contributed by atoms with van der Waals surface area (Å²) in [5.74, 6) is -0.177. The van der Waals surface area contributed by atoms with Crippen molar-refractivity contribution in [1.29, 1.82) is 0 Å². The van der Waals surface area contributed by atoms with Crippen LogP contribution in [0, 0.1) is 0 Å². The number of H-pyrrole nitrogens is 1. The van der Waals surface area contributed by atoms with Gasteiger partial charge in [-0.1, -0.05) is 30.3 Å². The van der Waals surface area contributed by atoms with Crippen molar-refractivity contribution in [3.63, 3.8) is 0 Å². The van der Waals surface area contributed by atoms with Crippen molar-refractivity contribution < 1.29 is 17.9 Å². The standard InChI is InChI=1S/C19H17F3N2O/c20-19(21,22)25-17-7-2-1-4-12(17)13-5-3-6-16-18(13)14-8-10-23-11-9-15(14)24-16/h1-7,23-24H,8-11H2. The minimum absolute atomic E-state index is 0.177. The summed E-state index contributed by atoms with van der Waals surface area (Å²) in [7, 11) is 0. The van der Waals surface area contributed by atoms with Crippen LogP contribution in [0.3, 0.4) is 0 Å². The van der Waals surface area contributed by atoms with Gasteiger partial charge in [-0.05, 0) is 36.2 Å². The Bertz CT molecular complexity index is 915. The fraction of sp³-hybridized carbons (Fsp3) is 0.263. The molecule has 3 nitrogen and oxygen atoms in total. The second kappa shape index (κ2) is 6.11. The summed E-state index contributed by atoms with van der Waals surface area (Å²) >= 11 is 0. The Morgan fingerprint density at radius 3 is 2.48 bits per heavy atom. The lowest BCUT2D eigenvalue weighted by atomic mass is 9.96. The molecule has 2 aromatic carbocycles. The molecule has 0 atom stereocenters. The maximum Gasteiger partial charge on any atom is 0.573 e. The topological polar surface area (TPSA) is 37.0 Å². The average molecular weight is 346 g/mol. The summed E-state index contributed by atoms with van der Waals surface area (Å²) in [6.45, 7) is 1.75. The third kappa shape index (κ3) is 3.09. The van der Waals surface area contributed by atoms with Gasteiger partial charge in [0, 0.05) is 35.1 Å². The zero-order chi connectivity index (χ0) is 17.4. The van der Waals surface area contributed by atoms with Gasteiger partial charge >= 0.3 is 6.36 Å². The third-order valence-corrected chi connectivity index (χ3v) is 4.52. The predicted molar refractivity (Wildman–Crippen MR) is 90.7 cm³/mol. The molecule has 1 aromatic heterocycles. The molecule has 0 aliphatic carbocycles. The second-order valence-corrected chi connectivity index (χ2v) is 6.10. The van der Waals surface area contributed by atoms with Crippen LogP contribution in [0.15, 0.2) is 42.5 Å². The van der Waals surface area contributed by atoms with E-state index >= 15 is 0 Å². The first kappa shape index (κ1) is 16.0. The molecule has 0 amide bonds. The number of para-hydroxylation sites is 1. The lowest BCUT2D eigenvalue weighted by Gasteiger charge is -2.14. The zero-order valence-electron chi connectivity index (χ0n) is 13.4. The molecule has 0 saturated heterocycles. The number of alkyl halides is 3. The van der Waals surface area contributed by atoms with E-state index < -0.39 is 6.36 Å². The number of hydrogen-bond donors (Lipinski definition) is 2. The Morgan fingerprint density at radius 1 is 0.880 bits per heavy atom. The van der Waals surface area contributed by atoms with Gasteiger partial charge in [-0.2, -0.15) is 0 Å². The molecule has 1 aliphatic rings. The molecule has 0 spiro atoms. The summed E-state index contributed by atoms with van der Waals surface area (Å²) in [6.07, 6.45) is -3.00. The average Bonchev–Trinajstić information content (AvgIpc) is 2.76. The van der Waals surface area contributed by atoms with Crippen LogP contribution in [0.2, 0.25) is 0 Å². The minimum atomic E-state index is -4.72. The van der Waals surface area contributed by atoms with Crippen LogP contribution < -0.4 is 10.1 Å². The summed E-state index contributed by atoms with van der Waals surface area (Å²) in [4.78, 5) is 3.43. The number of nitrogens with one attached hydrogen (secondary N) is 2. The van der Waals surface area contributed by atoms with Crippen molar-refractivity contribution in [1.82, 2.24) is 10.3 Å². The van der Waals surface area contributed by atoms with Crippen molar-refractivity contribution in [3.8, 4) is 16.9 Å². The predicted octanol–water partition coefficient (Wildman–Crippen LogP) is 4.42. The smallest absolute Gasteiger partial charge is 0.405 e. The van der Waals surface area contributed by atoms with Gasteiger partial charge in [0.1, 0.15) is 5.75 Å². The van der Waals surface area contributed by atoms with Crippen molar-refractivity contribution in [2.75, 3.05) is 13.1 Å². The molecular formula is C19H17F3N2O. The number of rotatable bonds is 2. The maximum atomic E-state index is 12.8. The lowest BCUT2D eigenvalue weighted by Crippen LogP contribution is -2.17. The summed E-state index contributed by atoms with van der Waals surface area (Å²) in [5.41, 5.74) is 4.49.